The third-order valence-electron chi connectivity index (χ3n) is 4.84. The molecule has 0 saturated carbocycles. The zero-order valence-electron chi connectivity index (χ0n) is 19.1. The molecule has 1 aliphatic rings. The maximum absolute atomic E-state index is 6.20. The summed E-state index contributed by atoms with van der Waals surface area (Å²) in [4.78, 5) is 7.20. The Morgan fingerprint density at radius 2 is 2.17 bits per heavy atom. The summed E-state index contributed by atoms with van der Waals surface area (Å²) < 4.78 is 14.0. The van der Waals surface area contributed by atoms with Crippen molar-refractivity contribution in [1.82, 2.24) is 20.0 Å². The third kappa shape index (κ3) is 5.98. The molecule has 1 saturated heterocycles. The van der Waals surface area contributed by atoms with Gasteiger partial charge in [0.05, 0.1) is 25.9 Å². The molecule has 1 aromatic carbocycles. The zero-order chi connectivity index (χ0) is 21.7. The maximum Gasteiger partial charge on any atom is 0.194 e. The average molecular weight is 414 g/mol. The summed E-state index contributed by atoms with van der Waals surface area (Å²) >= 11 is 0. The van der Waals surface area contributed by atoms with Gasteiger partial charge < -0.3 is 19.7 Å². The van der Waals surface area contributed by atoms with E-state index in [1.807, 2.05) is 24.1 Å². The molecule has 0 spiro atoms. The molecule has 0 bridgehead atoms. The van der Waals surface area contributed by atoms with Crippen molar-refractivity contribution in [3.8, 4) is 5.75 Å². The number of nitrogens with zero attached hydrogens (tertiary/aromatic N) is 4. The van der Waals surface area contributed by atoms with E-state index >= 15 is 0 Å². The molecule has 0 radical (unpaired) electrons. The van der Waals surface area contributed by atoms with Gasteiger partial charge in [0, 0.05) is 37.5 Å². The highest BCUT2D eigenvalue weighted by Crippen LogP contribution is 2.26. The molecule has 164 valence electrons. The number of nitrogens with one attached hydrogen (secondary N) is 1. The second-order valence-corrected chi connectivity index (χ2v) is 8.75. The van der Waals surface area contributed by atoms with E-state index in [-0.39, 0.29) is 11.7 Å². The van der Waals surface area contributed by atoms with Crippen LogP contribution in [0.15, 0.2) is 35.6 Å². The van der Waals surface area contributed by atoms with Crippen LogP contribution in [-0.2, 0) is 18.3 Å². The number of ether oxygens (including phenoxy) is 2. The second kappa shape index (κ2) is 9.51. The monoisotopic (exact) mass is 413 g/mol. The van der Waals surface area contributed by atoms with Crippen LogP contribution in [0.25, 0.3) is 0 Å². The second-order valence-electron chi connectivity index (χ2n) is 8.75. The molecule has 1 unspecified atom stereocenters. The van der Waals surface area contributed by atoms with Crippen molar-refractivity contribution >= 4 is 5.96 Å². The van der Waals surface area contributed by atoms with Crippen LogP contribution >= 0.6 is 0 Å². The van der Waals surface area contributed by atoms with E-state index in [0.717, 1.165) is 42.5 Å². The predicted octanol–water partition coefficient (Wildman–Crippen LogP) is 3.44. The molecular formula is C23H35N5O2. The molecule has 2 aromatic rings. The van der Waals surface area contributed by atoms with Crippen molar-refractivity contribution < 1.29 is 9.47 Å². The van der Waals surface area contributed by atoms with Crippen LogP contribution in [0.1, 0.15) is 50.5 Å². The van der Waals surface area contributed by atoms with Crippen molar-refractivity contribution in [3.63, 3.8) is 0 Å². The Balaban J connectivity index is 1.78. The minimum atomic E-state index is -0.252. The minimum absolute atomic E-state index is 0.00420. The Labute approximate surface area is 180 Å². The van der Waals surface area contributed by atoms with Crippen LogP contribution in [0.3, 0.4) is 0 Å². The summed E-state index contributed by atoms with van der Waals surface area (Å²) in [5, 5.41) is 7.72. The molecule has 7 nitrogen and oxygen atoms in total. The fourth-order valence-electron chi connectivity index (χ4n) is 3.45. The number of rotatable bonds is 5. The van der Waals surface area contributed by atoms with Crippen LogP contribution in [0, 0.1) is 6.92 Å². The summed E-state index contributed by atoms with van der Waals surface area (Å²) in [5.41, 5.74) is 3.11. The van der Waals surface area contributed by atoms with E-state index < -0.39 is 0 Å². The smallest absolute Gasteiger partial charge is 0.194 e. The lowest BCUT2D eigenvalue weighted by molar-refractivity contribution is -0.00805. The lowest BCUT2D eigenvalue weighted by Crippen LogP contribution is -2.48. The first kappa shape index (κ1) is 22.2. The summed E-state index contributed by atoms with van der Waals surface area (Å²) in [7, 11) is 1.93. The number of aryl methyl sites for hydroxylation is 2. The molecule has 3 rings (SSSR count). The van der Waals surface area contributed by atoms with E-state index in [0.29, 0.717) is 13.2 Å². The molecule has 1 atom stereocenters. The van der Waals surface area contributed by atoms with Crippen LogP contribution in [-0.4, -0.2) is 52.5 Å². The van der Waals surface area contributed by atoms with E-state index in [9.17, 15) is 0 Å². The first-order valence-electron chi connectivity index (χ1n) is 10.7. The average Bonchev–Trinajstić information content (AvgIpc) is 3.12. The fourth-order valence-corrected chi connectivity index (χ4v) is 3.45. The zero-order valence-corrected chi connectivity index (χ0v) is 19.1. The molecule has 7 heteroatoms. The molecule has 0 amide bonds. The Hall–Kier alpha value is -2.54. The fraction of sp³-hybridized carbons (Fsp3) is 0.565. The van der Waals surface area contributed by atoms with Gasteiger partial charge in [0.2, 0.25) is 0 Å². The molecule has 2 heterocycles. The number of morpholine rings is 1. The summed E-state index contributed by atoms with van der Waals surface area (Å²) in [6, 6.07) is 6.32. The first-order valence-corrected chi connectivity index (χ1v) is 10.7. The quantitative estimate of drug-likeness (QED) is 0.601. The number of guanidine groups is 1. The molecule has 1 fully saturated rings. The predicted molar refractivity (Wildman–Crippen MR) is 120 cm³/mol. The van der Waals surface area contributed by atoms with Gasteiger partial charge in [0.25, 0.3) is 0 Å². The van der Waals surface area contributed by atoms with Gasteiger partial charge in [-0.15, -0.1) is 0 Å². The van der Waals surface area contributed by atoms with E-state index in [2.05, 4.69) is 68.1 Å². The maximum atomic E-state index is 6.20. The Morgan fingerprint density at radius 3 is 2.83 bits per heavy atom. The number of benzene rings is 1. The van der Waals surface area contributed by atoms with Crippen molar-refractivity contribution in [2.24, 2.45) is 12.0 Å². The molecule has 1 aromatic heterocycles. The van der Waals surface area contributed by atoms with Crippen LogP contribution in [0.4, 0.5) is 0 Å². The van der Waals surface area contributed by atoms with Gasteiger partial charge in [0.15, 0.2) is 5.96 Å². The molecule has 1 aliphatic heterocycles. The normalized spacial score (nSPS) is 17.9. The largest absolute Gasteiger partial charge is 0.488 e. The molecular weight excluding hydrogens is 378 g/mol. The van der Waals surface area contributed by atoms with Gasteiger partial charge in [-0.1, -0.05) is 12.1 Å². The lowest BCUT2D eigenvalue weighted by Gasteiger charge is -2.34. The van der Waals surface area contributed by atoms with Gasteiger partial charge in [-0.05, 0) is 46.2 Å². The summed E-state index contributed by atoms with van der Waals surface area (Å²) in [6.45, 7) is 14.0. The summed E-state index contributed by atoms with van der Waals surface area (Å²) in [5.74, 6) is 1.80. The Morgan fingerprint density at radius 1 is 1.37 bits per heavy atom. The number of hydrogen-bond acceptors (Lipinski definition) is 4. The van der Waals surface area contributed by atoms with Crippen molar-refractivity contribution in [2.45, 2.75) is 52.9 Å². The SMILES string of the molecule is CCNC(=NCc1ccc(C)cc1OC(C)(C)C)N1CCOC(c2cnn(C)c2)C1. The third-order valence-corrected chi connectivity index (χ3v) is 4.84. The molecule has 0 aliphatic carbocycles. The molecule has 1 N–H and O–H groups in total. The molecule has 30 heavy (non-hydrogen) atoms. The van der Waals surface area contributed by atoms with Crippen molar-refractivity contribution in [3.05, 3.63) is 47.3 Å². The highest BCUT2D eigenvalue weighted by atomic mass is 16.5. The highest BCUT2D eigenvalue weighted by molar-refractivity contribution is 5.80. The van der Waals surface area contributed by atoms with Gasteiger partial charge in [-0.3, -0.25) is 4.68 Å². The van der Waals surface area contributed by atoms with Gasteiger partial charge in [0.1, 0.15) is 17.5 Å². The van der Waals surface area contributed by atoms with Gasteiger partial charge >= 0.3 is 0 Å². The Bertz CT molecular complexity index is 869. The number of aromatic nitrogens is 2. The topological polar surface area (TPSA) is 63.9 Å². The first-order chi connectivity index (χ1) is 14.2. The number of aliphatic imine (C=N–C) groups is 1. The van der Waals surface area contributed by atoms with Crippen LogP contribution < -0.4 is 10.1 Å². The summed E-state index contributed by atoms with van der Waals surface area (Å²) in [6.07, 6.45) is 3.89. The van der Waals surface area contributed by atoms with Crippen LogP contribution in [0.2, 0.25) is 0 Å². The number of hydrogen-bond donors (Lipinski definition) is 1. The standard InChI is InChI=1S/C23H35N5O2/c1-7-24-22(28-10-11-29-21(16-28)19-14-26-27(6)15-19)25-13-18-9-8-17(2)12-20(18)30-23(3,4)5/h8-9,12,14-15,21H,7,10-11,13,16H2,1-6H3,(H,24,25). The van der Waals surface area contributed by atoms with Gasteiger partial charge in [-0.25, -0.2) is 4.99 Å². The minimum Gasteiger partial charge on any atom is -0.488 e. The van der Waals surface area contributed by atoms with Crippen molar-refractivity contribution in [1.29, 1.82) is 0 Å². The van der Waals surface area contributed by atoms with E-state index in [4.69, 9.17) is 14.5 Å². The van der Waals surface area contributed by atoms with Gasteiger partial charge in [-0.2, -0.15) is 5.10 Å². The Kier molecular flexibility index (Phi) is 7.02. The lowest BCUT2D eigenvalue weighted by atomic mass is 10.1. The van der Waals surface area contributed by atoms with Crippen molar-refractivity contribution in [2.75, 3.05) is 26.2 Å². The van der Waals surface area contributed by atoms with E-state index in [1.165, 1.54) is 5.56 Å². The highest BCUT2D eigenvalue weighted by Gasteiger charge is 2.25. The van der Waals surface area contributed by atoms with Crippen LogP contribution in [0.5, 0.6) is 5.75 Å². The van der Waals surface area contributed by atoms with E-state index in [1.54, 1.807) is 0 Å².